The number of hydrogen-bond donors (Lipinski definition) is 0. The maximum atomic E-state index is 4.89. The number of aryl methyl sites for hydroxylation is 1. The molecule has 2 aromatic rings. The minimum atomic E-state index is 0.885. The molecule has 3 rings (SSSR count). The van der Waals surface area contributed by atoms with E-state index in [1.807, 2.05) is 6.07 Å². The molecular formula is C19H26N4. The van der Waals surface area contributed by atoms with E-state index in [1.165, 1.54) is 31.4 Å². The van der Waals surface area contributed by atoms with Crippen LogP contribution < -0.4 is 9.80 Å². The van der Waals surface area contributed by atoms with Gasteiger partial charge in [0.05, 0.1) is 0 Å². The number of benzene rings is 1. The van der Waals surface area contributed by atoms with E-state index < -0.39 is 0 Å². The van der Waals surface area contributed by atoms with Gasteiger partial charge in [-0.3, -0.25) is 0 Å². The Morgan fingerprint density at radius 2 is 1.70 bits per heavy atom. The van der Waals surface area contributed by atoms with Crippen molar-refractivity contribution in [2.45, 2.75) is 39.5 Å². The topological polar surface area (TPSA) is 32.3 Å². The standard InChI is InChI=1S/C19H26N4/c1-3-23(17-11-7-6-8-12-17)18-15-16(2)20-19(21-18)22-13-9-4-5-10-14-22/h6-8,11-12,15H,3-5,9-10,13-14H2,1-2H3. The van der Waals surface area contributed by atoms with Gasteiger partial charge in [0.15, 0.2) is 0 Å². The highest BCUT2D eigenvalue weighted by Gasteiger charge is 2.16. The summed E-state index contributed by atoms with van der Waals surface area (Å²) in [6.07, 6.45) is 5.12. The van der Waals surface area contributed by atoms with Crippen molar-refractivity contribution in [3.63, 3.8) is 0 Å². The smallest absolute Gasteiger partial charge is 0.227 e. The number of rotatable bonds is 4. The fourth-order valence-electron chi connectivity index (χ4n) is 3.17. The van der Waals surface area contributed by atoms with Crippen molar-refractivity contribution in [3.05, 3.63) is 42.1 Å². The molecule has 1 fully saturated rings. The molecule has 0 bridgehead atoms. The fraction of sp³-hybridized carbons (Fsp3) is 0.474. The normalized spacial score (nSPS) is 15.3. The first kappa shape index (κ1) is 15.8. The first-order valence-electron chi connectivity index (χ1n) is 8.71. The number of nitrogens with zero attached hydrogens (tertiary/aromatic N) is 4. The fourth-order valence-corrected chi connectivity index (χ4v) is 3.17. The molecule has 1 aliphatic rings. The van der Waals surface area contributed by atoms with E-state index in [2.05, 4.69) is 54.0 Å². The van der Waals surface area contributed by atoms with E-state index in [1.54, 1.807) is 0 Å². The van der Waals surface area contributed by atoms with Crippen molar-refractivity contribution >= 4 is 17.5 Å². The summed E-state index contributed by atoms with van der Waals surface area (Å²) in [5, 5.41) is 0. The molecule has 4 nitrogen and oxygen atoms in total. The molecule has 0 unspecified atom stereocenters. The summed E-state index contributed by atoms with van der Waals surface area (Å²) in [6, 6.07) is 12.5. The van der Waals surface area contributed by atoms with Crippen LogP contribution in [0.1, 0.15) is 38.3 Å². The molecule has 1 saturated heterocycles. The largest absolute Gasteiger partial charge is 0.341 e. The van der Waals surface area contributed by atoms with Crippen molar-refractivity contribution in [1.82, 2.24) is 9.97 Å². The van der Waals surface area contributed by atoms with Gasteiger partial charge in [0, 0.05) is 37.1 Å². The number of anilines is 3. The summed E-state index contributed by atoms with van der Waals surface area (Å²) in [4.78, 5) is 14.2. The molecule has 1 aliphatic heterocycles. The van der Waals surface area contributed by atoms with Gasteiger partial charge in [0.25, 0.3) is 0 Å². The predicted octanol–water partition coefficient (Wildman–Crippen LogP) is 4.32. The first-order chi connectivity index (χ1) is 11.3. The monoisotopic (exact) mass is 310 g/mol. The molecular weight excluding hydrogens is 284 g/mol. The Kier molecular flexibility index (Phi) is 5.11. The van der Waals surface area contributed by atoms with Gasteiger partial charge in [-0.1, -0.05) is 31.0 Å². The molecule has 23 heavy (non-hydrogen) atoms. The van der Waals surface area contributed by atoms with Gasteiger partial charge < -0.3 is 9.80 Å². The van der Waals surface area contributed by atoms with Crippen LogP contribution in [0.5, 0.6) is 0 Å². The summed E-state index contributed by atoms with van der Waals surface area (Å²) < 4.78 is 0. The average molecular weight is 310 g/mol. The Bertz CT molecular complexity index is 619. The molecule has 1 aromatic carbocycles. The van der Waals surface area contributed by atoms with Crippen LogP contribution in [0.2, 0.25) is 0 Å². The van der Waals surface area contributed by atoms with E-state index in [0.29, 0.717) is 0 Å². The third-order valence-corrected chi connectivity index (χ3v) is 4.38. The molecule has 0 amide bonds. The lowest BCUT2D eigenvalue weighted by Gasteiger charge is -2.26. The van der Waals surface area contributed by atoms with E-state index in [9.17, 15) is 0 Å². The van der Waals surface area contributed by atoms with Gasteiger partial charge in [-0.15, -0.1) is 0 Å². The van der Waals surface area contributed by atoms with Gasteiger partial charge in [0.1, 0.15) is 5.82 Å². The van der Waals surface area contributed by atoms with Crippen molar-refractivity contribution in [3.8, 4) is 0 Å². The lowest BCUT2D eigenvalue weighted by Crippen LogP contribution is -2.27. The van der Waals surface area contributed by atoms with E-state index in [4.69, 9.17) is 9.97 Å². The molecule has 0 spiro atoms. The zero-order valence-corrected chi connectivity index (χ0v) is 14.2. The Labute approximate surface area is 139 Å². The lowest BCUT2D eigenvalue weighted by molar-refractivity contribution is 0.726. The summed E-state index contributed by atoms with van der Waals surface area (Å²) in [5.41, 5.74) is 2.21. The van der Waals surface area contributed by atoms with Crippen LogP contribution in [0.3, 0.4) is 0 Å². The zero-order chi connectivity index (χ0) is 16.1. The van der Waals surface area contributed by atoms with Gasteiger partial charge >= 0.3 is 0 Å². The van der Waals surface area contributed by atoms with Crippen molar-refractivity contribution < 1.29 is 0 Å². The van der Waals surface area contributed by atoms with Gasteiger partial charge in [-0.05, 0) is 38.8 Å². The average Bonchev–Trinajstić information content (AvgIpc) is 2.85. The quantitative estimate of drug-likeness (QED) is 0.841. The highest BCUT2D eigenvalue weighted by Crippen LogP contribution is 2.26. The maximum Gasteiger partial charge on any atom is 0.227 e. The van der Waals surface area contributed by atoms with Crippen LogP contribution in [0.15, 0.2) is 36.4 Å². The molecule has 4 heteroatoms. The van der Waals surface area contributed by atoms with Crippen molar-refractivity contribution in [1.29, 1.82) is 0 Å². The number of para-hydroxylation sites is 1. The van der Waals surface area contributed by atoms with Gasteiger partial charge in [-0.2, -0.15) is 4.98 Å². The lowest BCUT2D eigenvalue weighted by atomic mass is 10.2. The molecule has 0 aliphatic carbocycles. The third-order valence-electron chi connectivity index (χ3n) is 4.38. The van der Waals surface area contributed by atoms with Crippen LogP contribution >= 0.6 is 0 Å². The highest BCUT2D eigenvalue weighted by molar-refractivity contribution is 5.61. The minimum Gasteiger partial charge on any atom is -0.341 e. The van der Waals surface area contributed by atoms with Gasteiger partial charge in [-0.25, -0.2) is 4.98 Å². The molecule has 1 aromatic heterocycles. The molecule has 2 heterocycles. The Hall–Kier alpha value is -2.10. The Balaban J connectivity index is 1.92. The molecule has 0 saturated carbocycles. The second-order valence-corrected chi connectivity index (χ2v) is 6.15. The molecule has 0 N–H and O–H groups in total. The Morgan fingerprint density at radius 1 is 1.00 bits per heavy atom. The summed E-state index contributed by atoms with van der Waals surface area (Å²) in [5.74, 6) is 1.88. The van der Waals surface area contributed by atoms with E-state index in [0.717, 1.165) is 37.1 Å². The van der Waals surface area contributed by atoms with Crippen molar-refractivity contribution in [2.75, 3.05) is 29.4 Å². The third kappa shape index (κ3) is 3.81. The zero-order valence-electron chi connectivity index (χ0n) is 14.2. The first-order valence-corrected chi connectivity index (χ1v) is 8.71. The second kappa shape index (κ2) is 7.44. The summed E-state index contributed by atoms with van der Waals surface area (Å²) >= 11 is 0. The number of aromatic nitrogens is 2. The Morgan fingerprint density at radius 3 is 2.35 bits per heavy atom. The van der Waals surface area contributed by atoms with E-state index >= 15 is 0 Å². The maximum absolute atomic E-state index is 4.89. The van der Waals surface area contributed by atoms with Crippen molar-refractivity contribution in [2.24, 2.45) is 0 Å². The number of hydrogen-bond acceptors (Lipinski definition) is 4. The summed E-state index contributed by atoms with van der Waals surface area (Å²) in [7, 11) is 0. The van der Waals surface area contributed by atoms with Crippen LogP contribution in [-0.4, -0.2) is 29.6 Å². The summed E-state index contributed by atoms with van der Waals surface area (Å²) in [6.45, 7) is 7.25. The van der Waals surface area contributed by atoms with E-state index in [-0.39, 0.29) is 0 Å². The highest BCUT2D eigenvalue weighted by atomic mass is 15.3. The van der Waals surface area contributed by atoms with Crippen LogP contribution in [-0.2, 0) is 0 Å². The minimum absolute atomic E-state index is 0.885. The van der Waals surface area contributed by atoms with Gasteiger partial charge in [0.2, 0.25) is 5.95 Å². The predicted molar refractivity (Wildman–Crippen MR) is 96.6 cm³/mol. The van der Waals surface area contributed by atoms with Crippen LogP contribution in [0.25, 0.3) is 0 Å². The second-order valence-electron chi connectivity index (χ2n) is 6.15. The molecule has 0 atom stereocenters. The molecule has 122 valence electrons. The SMILES string of the molecule is CCN(c1ccccc1)c1cc(C)nc(N2CCCCCC2)n1. The van der Waals surface area contributed by atoms with Crippen LogP contribution in [0.4, 0.5) is 17.5 Å². The molecule has 0 radical (unpaired) electrons. The van der Waals surface area contributed by atoms with Crippen LogP contribution in [0, 0.1) is 6.92 Å².